The summed E-state index contributed by atoms with van der Waals surface area (Å²) in [7, 11) is 2.02. The van der Waals surface area contributed by atoms with E-state index in [0.717, 1.165) is 24.6 Å². The highest BCUT2D eigenvalue weighted by Gasteiger charge is 2.22. The maximum Gasteiger partial charge on any atom is 0.271 e. The summed E-state index contributed by atoms with van der Waals surface area (Å²) in [5.74, 6) is -0.896. The molecule has 1 aliphatic rings. The number of anilines is 1. The molecule has 1 aliphatic heterocycles. The molecule has 0 saturated carbocycles. The molecule has 1 fully saturated rings. The van der Waals surface area contributed by atoms with Crippen molar-refractivity contribution in [2.24, 2.45) is 0 Å². The number of nitrogens with one attached hydrogen (secondary N) is 1. The molecule has 3 heterocycles. The lowest BCUT2D eigenvalue weighted by Crippen LogP contribution is -2.44. The lowest BCUT2D eigenvalue weighted by Gasteiger charge is -2.34. The number of hydrogen-bond acceptors (Lipinski definition) is 5. The van der Waals surface area contributed by atoms with Gasteiger partial charge in [-0.1, -0.05) is 0 Å². The van der Waals surface area contributed by atoms with Crippen LogP contribution in [0.3, 0.4) is 0 Å². The summed E-state index contributed by atoms with van der Waals surface area (Å²) in [4.78, 5) is 29.8. The van der Waals surface area contributed by atoms with E-state index in [4.69, 9.17) is 0 Å². The van der Waals surface area contributed by atoms with Crippen molar-refractivity contribution >= 4 is 38.3 Å². The topological polar surface area (TPSA) is 61.3 Å². The van der Waals surface area contributed by atoms with Gasteiger partial charge < -0.3 is 9.80 Å². The molecule has 0 unspecified atom stereocenters. The van der Waals surface area contributed by atoms with Gasteiger partial charge in [-0.15, -0.1) is 0 Å². The van der Waals surface area contributed by atoms with Crippen LogP contribution in [0, 0.1) is 11.6 Å². The number of aromatic amines is 1. The standard InChI is InChI=1S/C21H18F2N4O2S/c1-25-6-8-26(9-7-25)17-11-16-14(10-15(17)23)19(28)18-20(29)24-30-21(18)27(16)13-4-2-12(22)3-5-13/h2-5,10-11H,6-9H2,1H3,(H,24,29). The Balaban J connectivity index is 1.85. The Hall–Kier alpha value is -3.04. The number of rotatable bonds is 2. The van der Waals surface area contributed by atoms with Gasteiger partial charge in [0.1, 0.15) is 21.9 Å². The molecule has 0 radical (unpaired) electrons. The maximum absolute atomic E-state index is 15.1. The molecule has 0 amide bonds. The third-order valence-corrected chi connectivity index (χ3v) is 6.46. The Morgan fingerprint density at radius 3 is 2.40 bits per heavy atom. The van der Waals surface area contributed by atoms with Gasteiger partial charge >= 0.3 is 0 Å². The maximum atomic E-state index is 15.1. The Kier molecular flexibility index (Phi) is 4.44. The van der Waals surface area contributed by atoms with Gasteiger partial charge in [-0.05, 0) is 55.0 Å². The third kappa shape index (κ3) is 2.93. The molecule has 0 spiro atoms. The van der Waals surface area contributed by atoms with Gasteiger partial charge in [0.05, 0.1) is 16.6 Å². The summed E-state index contributed by atoms with van der Waals surface area (Å²) in [6.07, 6.45) is 0. The first-order chi connectivity index (χ1) is 14.4. The predicted molar refractivity (Wildman–Crippen MR) is 115 cm³/mol. The van der Waals surface area contributed by atoms with Crippen LogP contribution in [0.1, 0.15) is 0 Å². The van der Waals surface area contributed by atoms with E-state index in [2.05, 4.69) is 9.27 Å². The molecule has 0 aliphatic carbocycles. The quantitative estimate of drug-likeness (QED) is 0.533. The van der Waals surface area contributed by atoms with Gasteiger partial charge in [0.2, 0.25) is 5.43 Å². The molecular formula is C21H18F2N4O2S. The molecule has 9 heteroatoms. The van der Waals surface area contributed by atoms with Crippen molar-refractivity contribution in [1.29, 1.82) is 0 Å². The van der Waals surface area contributed by atoms with Crippen molar-refractivity contribution in [3.8, 4) is 5.69 Å². The normalized spacial score (nSPS) is 15.4. The number of H-pyrrole nitrogens is 1. The van der Waals surface area contributed by atoms with Crippen LogP contribution in [-0.4, -0.2) is 47.1 Å². The van der Waals surface area contributed by atoms with Crippen molar-refractivity contribution in [3.63, 3.8) is 0 Å². The number of nitrogens with zero attached hydrogens (tertiary/aromatic N) is 3. The zero-order valence-electron chi connectivity index (χ0n) is 16.1. The van der Waals surface area contributed by atoms with Crippen LogP contribution in [0.25, 0.3) is 26.8 Å². The molecule has 0 atom stereocenters. The first-order valence-electron chi connectivity index (χ1n) is 9.53. The number of fused-ring (bicyclic) bond motifs is 2. The van der Waals surface area contributed by atoms with Crippen LogP contribution in [0.5, 0.6) is 0 Å². The Morgan fingerprint density at radius 2 is 1.70 bits per heavy atom. The summed E-state index contributed by atoms with van der Waals surface area (Å²) >= 11 is 1.03. The SMILES string of the molecule is CN1CCN(c2cc3c(cc2F)c(=O)c2c(=O)[nH]sc2n3-c2ccc(F)cc2)CC1. The summed E-state index contributed by atoms with van der Waals surface area (Å²) in [5, 5.41) is 0.0923. The van der Waals surface area contributed by atoms with Crippen LogP contribution in [0.2, 0.25) is 0 Å². The van der Waals surface area contributed by atoms with E-state index in [1.807, 2.05) is 11.9 Å². The van der Waals surface area contributed by atoms with Crippen molar-refractivity contribution in [3.05, 3.63) is 68.6 Å². The first-order valence-corrected chi connectivity index (χ1v) is 10.3. The number of piperazine rings is 1. The van der Waals surface area contributed by atoms with Crippen LogP contribution < -0.4 is 15.9 Å². The summed E-state index contributed by atoms with van der Waals surface area (Å²) in [6.45, 7) is 2.94. The third-order valence-electron chi connectivity index (χ3n) is 5.59. The van der Waals surface area contributed by atoms with E-state index >= 15 is 4.39 Å². The average molecular weight is 428 g/mol. The van der Waals surface area contributed by atoms with Gasteiger partial charge in [0, 0.05) is 31.9 Å². The van der Waals surface area contributed by atoms with Crippen molar-refractivity contribution in [2.75, 3.05) is 38.1 Å². The van der Waals surface area contributed by atoms with E-state index in [-0.39, 0.29) is 10.8 Å². The second-order valence-corrected chi connectivity index (χ2v) is 8.26. The molecule has 4 aromatic rings. The Morgan fingerprint density at radius 1 is 1.00 bits per heavy atom. The smallest absolute Gasteiger partial charge is 0.271 e. The molecule has 5 rings (SSSR count). The van der Waals surface area contributed by atoms with Gasteiger partial charge in [-0.25, -0.2) is 8.78 Å². The minimum absolute atomic E-state index is 0.0245. The van der Waals surface area contributed by atoms with Crippen molar-refractivity contribution in [2.45, 2.75) is 0 Å². The molecule has 1 saturated heterocycles. The van der Waals surface area contributed by atoms with E-state index in [9.17, 15) is 14.0 Å². The van der Waals surface area contributed by atoms with Crippen molar-refractivity contribution in [1.82, 2.24) is 13.8 Å². The number of aromatic nitrogens is 2. The average Bonchev–Trinajstić information content (AvgIpc) is 3.12. The molecule has 6 nitrogen and oxygen atoms in total. The number of likely N-dealkylation sites (N-methyl/N-ethyl adjacent to an activating group) is 1. The molecular weight excluding hydrogens is 410 g/mol. The van der Waals surface area contributed by atoms with Gasteiger partial charge in [-0.3, -0.25) is 18.5 Å². The van der Waals surface area contributed by atoms with E-state index in [1.165, 1.54) is 18.2 Å². The molecule has 154 valence electrons. The lowest BCUT2D eigenvalue weighted by atomic mass is 10.1. The van der Waals surface area contributed by atoms with Crippen LogP contribution in [-0.2, 0) is 0 Å². The summed E-state index contributed by atoms with van der Waals surface area (Å²) in [6, 6.07) is 8.63. The number of pyridine rings is 1. The zero-order chi connectivity index (χ0) is 21.0. The Labute approximate surface area is 173 Å². The number of halogens is 2. The predicted octanol–water partition coefficient (Wildman–Crippen LogP) is 2.92. The monoisotopic (exact) mass is 428 g/mol. The fraction of sp³-hybridized carbons (Fsp3) is 0.238. The first kappa shape index (κ1) is 19.0. The summed E-state index contributed by atoms with van der Waals surface area (Å²) < 4.78 is 32.9. The van der Waals surface area contributed by atoms with E-state index in [0.29, 0.717) is 34.8 Å². The van der Waals surface area contributed by atoms with Gasteiger partial charge in [0.25, 0.3) is 5.56 Å². The highest BCUT2D eigenvalue weighted by atomic mass is 32.1. The minimum atomic E-state index is -0.513. The highest BCUT2D eigenvalue weighted by molar-refractivity contribution is 7.12. The van der Waals surface area contributed by atoms with E-state index < -0.39 is 22.6 Å². The molecule has 0 bridgehead atoms. The van der Waals surface area contributed by atoms with Crippen LogP contribution in [0.15, 0.2) is 46.0 Å². The van der Waals surface area contributed by atoms with Crippen molar-refractivity contribution < 1.29 is 8.78 Å². The Bertz CT molecular complexity index is 1380. The molecule has 2 aromatic heterocycles. The van der Waals surface area contributed by atoms with Gasteiger partial charge in [-0.2, -0.15) is 0 Å². The van der Waals surface area contributed by atoms with Crippen LogP contribution in [0.4, 0.5) is 14.5 Å². The lowest BCUT2D eigenvalue weighted by molar-refractivity contribution is 0.312. The fourth-order valence-electron chi connectivity index (χ4n) is 3.95. The second-order valence-electron chi connectivity index (χ2n) is 7.47. The molecule has 2 aromatic carbocycles. The minimum Gasteiger partial charge on any atom is -0.367 e. The second kappa shape index (κ2) is 7.03. The largest absolute Gasteiger partial charge is 0.367 e. The molecule has 1 N–H and O–H groups in total. The highest BCUT2D eigenvalue weighted by Crippen LogP contribution is 2.30. The van der Waals surface area contributed by atoms with E-state index in [1.54, 1.807) is 22.8 Å². The number of hydrogen-bond donors (Lipinski definition) is 1. The zero-order valence-corrected chi connectivity index (χ0v) is 16.9. The fourth-order valence-corrected chi connectivity index (χ4v) is 4.82. The van der Waals surface area contributed by atoms with Crippen LogP contribution >= 0.6 is 11.5 Å². The number of benzene rings is 2. The summed E-state index contributed by atoms with van der Waals surface area (Å²) in [5.41, 5.74) is 0.446. The molecule has 30 heavy (non-hydrogen) atoms. The van der Waals surface area contributed by atoms with Gasteiger partial charge in [0.15, 0.2) is 0 Å².